The lowest BCUT2D eigenvalue weighted by Crippen LogP contribution is -1.97. The van der Waals surface area contributed by atoms with Crippen LogP contribution in [0.2, 0.25) is 0 Å². The molecule has 0 spiro atoms. The Kier molecular flexibility index (Phi) is 5.15. The molecule has 0 aliphatic rings. The summed E-state index contributed by atoms with van der Waals surface area (Å²) in [5.41, 5.74) is 7.68. The molecule has 0 amide bonds. The number of hydrogen-bond acceptors (Lipinski definition) is 4. The fraction of sp³-hybridized carbons (Fsp3) is 0.200. The Morgan fingerprint density at radius 1 is 1.15 bits per heavy atom. The molecule has 0 aromatic heterocycles. The van der Waals surface area contributed by atoms with Crippen molar-refractivity contribution in [1.29, 1.82) is 0 Å². The molecule has 5 heteroatoms. The van der Waals surface area contributed by atoms with Crippen molar-refractivity contribution in [2.75, 3.05) is 5.75 Å². The van der Waals surface area contributed by atoms with Crippen molar-refractivity contribution in [1.82, 2.24) is 0 Å². The van der Waals surface area contributed by atoms with Gasteiger partial charge < -0.3 is 5.73 Å². The second-order valence-electron chi connectivity index (χ2n) is 4.34. The first-order valence-electron chi connectivity index (χ1n) is 6.35. The SMILES string of the molecule is NCc1cccc(SCCc2ccccc2[N+](=O)[O-])c1. The lowest BCUT2D eigenvalue weighted by Gasteiger charge is -2.05. The molecule has 0 aliphatic heterocycles. The highest BCUT2D eigenvalue weighted by molar-refractivity contribution is 7.99. The molecule has 20 heavy (non-hydrogen) atoms. The van der Waals surface area contributed by atoms with Crippen molar-refractivity contribution in [3.8, 4) is 0 Å². The van der Waals surface area contributed by atoms with Crippen LogP contribution in [0, 0.1) is 10.1 Å². The molecule has 104 valence electrons. The molecule has 0 aliphatic carbocycles. The van der Waals surface area contributed by atoms with Crippen molar-refractivity contribution in [2.24, 2.45) is 5.73 Å². The number of para-hydroxylation sites is 1. The molecule has 0 bridgehead atoms. The summed E-state index contributed by atoms with van der Waals surface area (Å²) in [7, 11) is 0. The van der Waals surface area contributed by atoms with Crippen molar-refractivity contribution in [3.05, 3.63) is 69.8 Å². The highest BCUT2D eigenvalue weighted by atomic mass is 32.2. The minimum Gasteiger partial charge on any atom is -0.326 e. The normalized spacial score (nSPS) is 10.4. The Morgan fingerprint density at radius 3 is 2.70 bits per heavy atom. The maximum Gasteiger partial charge on any atom is 0.272 e. The molecule has 0 fully saturated rings. The highest BCUT2D eigenvalue weighted by Gasteiger charge is 2.11. The molecule has 2 rings (SSSR count). The van der Waals surface area contributed by atoms with Crippen LogP contribution in [-0.2, 0) is 13.0 Å². The number of nitrogens with zero attached hydrogens (tertiary/aromatic N) is 1. The lowest BCUT2D eigenvalue weighted by atomic mass is 10.1. The van der Waals surface area contributed by atoms with Gasteiger partial charge in [0.2, 0.25) is 0 Å². The Balaban J connectivity index is 1.97. The summed E-state index contributed by atoms with van der Waals surface area (Å²) in [6.45, 7) is 0.526. The van der Waals surface area contributed by atoms with Gasteiger partial charge in [0.15, 0.2) is 0 Å². The predicted octanol–water partition coefficient (Wildman–Crippen LogP) is 3.39. The van der Waals surface area contributed by atoms with Gasteiger partial charge in [-0.15, -0.1) is 11.8 Å². The summed E-state index contributed by atoms with van der Waals surface area (Å²) < 4.78 is 0. The van der Waals surface area contributed by atoms with E-state index in [0.717, 1.165) is 21.8 Å². The fourth-order valence-corrected chi connectivity index (χ4v) is 2.91. The predicted molar refractivity (Wildman–Crippen MR) is 81.9 cm³/mol. The van der Waals surface area contributed by atoms with Gasteiger partial charge in [0, 0.05) is 28.8 Å². The van der Waals surface area contributed by atoms with Crippen LogP contribution in [0.1, 0.15) is 11.1 Å². The van der Waals surface area contributed by atoms with Crippen LogP contribution in [0.25, 0.3) is 0 Å². The Morgan fingerprint density at radius 2 is 1.95 bits per heavy atom. The first-order chi connectivity index (χ1) is 9.70. The third-order valence-electron chi connectivity index (χ3n) is 2.96. The van der Waals surface area contributed by atoms with Crippen molar-refractivity contribution in [3.63, 3.8) is 0 Å². The van der Waals surface area contributed by atoms with E-state index in [4.69, 9.17) is 5.73 Å². The van der Waals surface area contributed by atoms with Gasteiger partial charge in [0.05, 0.1) is 4.92 Å². The van der Waals surface area contributed by atoms with Gasteiger partial charge in [-0.1, -0.05) is 30.3 Å². The molecular formula is C15H16N2O2S. The summed E-state index contributed by atoms with van der Waals surface area (Å²) in [6, 6.07) is 15.0. The molecule has 0 saturated heterocycles. The molecule has 0 saturated carbocycles. The molecule has 2 aromatic rings. The number of thioether (sulfide) groups is 1. The number of nitrogens with two attached hydrogens (primary N) is 1. The molecule has 0 atom stereocenters. The highest BCUT2D eigenvalue weighted by Crippen LogP contribution is 2.23. The number of hydrogen-bond donors (Lipinski definition) is 1. The minimum absolute atomic E-state index is 0.198. The first-order valence-corrected chi connectivity index (χ1v) is 7.33. The molecule has 0 unspecified atom stereocenters. The van der Waals surface area contributed by atoms with E-state index in [9.17, 15) is 10.1 Å². The van der Waals surface area contributed by atoms with Gasteiger partial charge in [0.25, 0.3) is 5.69 Å². The number of nitro benzene ring substituents is 1. The summed E-state index contributed by atoms with van der Waals surface area (Å²) in [5, 5.41) is 10.9. The second kappa shape index (κ2) is 7.07. The largest absolute Gasteiger partial charge is 0.326 e. The van der Waals surface area contributed by atoms with Gasteiger partial charge in [-0.3, -0.25) is 10.1 Å². The number of aryl methyl sites for hydroxylation is 1. The third-order valence-corrected chi connectivity index (χ3v) is 3.96. The quantitative estimate of drug-likeness (QED) is 0.502. The summed E-state index contributed by atoms with van der Waals surface area (Å²) in [6.07, 6.45) is 0.675. The topological polar surface area (TPSA) is 69.2 Å². The monoisotopic (exact) mass is 288 g/mol. The van der Waals surface area contributed by atoms with Crippen LogP contribution in [0.15, 0.2) is 53.4 Å². The Labute approximate surface area is 122 Å². The summed E-state index contributed by atoms with van der Waals surface area (Å²) in [4.78, 5) is 11.7. The maximum atomic E-state index is 10.9. The summed E-state index contributed by atoms with van der Waals surface area (Å²) >= 11 is 1.69. The third kappa shape index (κ3) is 3.82. The number of nitro groups is 1. The van der Waals surface area contributed by atoms with Gasteiger partial charge in [0.1, 0.15) is 0 Å². The standard InChI is InChI=1S/C15H16N2O2S/c16-11-12-4-3-6-14(10-12)20-9-8-13-5-1-2-7-15(13)17(18)19/h1-7,10H,8-9,11,16H2. The van der Waals surface area contributed by atoms with E-state index in [1.165, 1.54) is 0 Å². The van der Waals surface area contributed by atoms with Gasteiger partial charge in [-0.05, 0) is 24.1 Å². The van der Waals surface area contributed by atoms with Gasteiger partial charge in [-0.25, -0.2) is 0 Å². The van der Waals surface area contributed by atoms with E-state index in [-0.39, 0.29) is 10.6 Å². The summed E-state index contributed by atoms with van der Waals surface area (Å²) in [5.74, 6) is 0.804. The van der Waals surface area contributed by atoms with E-state index in [2.05, 4.69) is 6.07 Å². The zero-order chi connectivity index (χ0) is 14.4. The molecular weight excluding hydrogens is 272 g/mol. The fourth-order valence-electron chi connectivity index (χ4n) is 1.94. The zero-order valence-electron chi connectivity index (χ0n) is 11.0. The smallest absolute Gasteiger partial charge is 0.272 e. The average molecular weight is 288 g/mol. The molecule has 2 N–H and O–H groups in total. The van der Waals surface area contributed by atoms with E-state index in [1.54, 1.807) is 23.9 Å². The molecule has 4 nitrogen and oxygen atoms in total. The van der Waals surface area contributed by atoms with Crippen LogP contribution in [0.4, 0.5) is 5.69 Å². The zero-order valence-corrected chi connectivity index (χ0v) is 11.8. The average Bonchev–Trinajstić information content (AvgIpc) is 2.48. The van der Waals surface area contributed by atoms with Crippen LogP contribution >= 0.6 is 11.8 Å². The van der Waals surface area contributed by atoms with Crippen LogP contribution in [0.5, 0.6) is 0 Å². The van der Waals surface area contributed by atoms with E-state index < -0.39 is 0 Å². The van der Waals surface area contributed by atoms with Gasteiger partial charge in [-0.2, -0.15) is 0 Å². The second-order valence-corrected chi connectivity index (χ2v) is 5.50. The number of rotatable bonds is 6. The molecule has 2 aromatic carbocycles. The Hall–Kier alpha value is -1.85. The van der Waals surface area contributed by atoms with Crippen LogP contribution in [-0.4, -0.2) is 10.7 Å². The van der Waals surface area contributed by atoms with Crippen LogP contribution < -0.4 is 5.73 Å². The van der Waals surface area contributed by atoms with Gasteiger partial charge >= 0.3 is 0 Å². The first kappa shape index (κ1) is 14.6. The van der Waals surface area contributed by atoms with Crippen molar-refractivity contribution >= 4 is 17.4 Å². The lowest BCUT2D eigenvalue weighted by molar-refractivity contribution is -0.385. The Bertz CT molecular complexity index is 602. The number of benzene rings is 2. The minimum atomic E-state index is -0.324. The van der Waals surface area contributed by atoms with E-state index in [0.29, 0.717) is 13.0 Å². The maximum absolute atomic E-state index is 10.9. The van der Waals surface area contributed by atoms with Crippen LogP contribution in [0.3, 0.4) is 0 Å². The molecule has 0 heterocycles. The van der Waals surface area contributed by atoms with Crippen molar-refractivity contribution < 1.29 is 4.92 Å². The van der Waals surface area contributed by atoms with Crippen molar-refractivity contribution in [2.45, 2.75) is 17.9 Å². The molecule has 0 radical (unpaired) electrons. The van der Waals surface area contributed by atoms with E-state index >= 15 is 0 Å². The van der Waals surface area contributed by atoms with E-state index in [1.807, 2.05) is 30.3 Å².